The van der Waals surface area contributed by atoms with Crippen LogP contribution in [0.5, 0.6) is 0 Å². The summed E-state index contributed by atoms with van der Waals surface area (Å²) in [6.07, 6.45) is 24.8. The van der Waals surface area contributed by atoms with Crippen LogP contribution in [0.4, 0.5) is 0 Å². The SMILES string of the molecule is CC/C=C/CCCCCCCCCCCCCCCC(CC(=O)OCCC)C(=O)O. The third kappa shape index (κ3) is 20.0. The summed E-state index contributed by atoms with van der Waals surface area (Å²) in [7, 11) is 0. The van der Waals surface area contributed by atoms with Crippen LogP contribution in [0.25, 0.3) is 0 Å². The van der Waals surface area contributed by atoms with Gasteiger partial charge in [-0.25, -0.2) is 0 Å². The molecule has 30 heavy (non-hydrogen) atoms. The lowest BCUT2D eigenvalue weighted by atomic mass is 9.97. The van der Waals surface area contributed by atoms with Crippen molar-refractivity contribution in [2.24, 2.45) is 5.92 Å². The molecular weight excluding hydrogens is 376 g/mol. The molecule has 0 aromatic rings. The van der Waals surface area contributed by atoms with Crippen molar-refractivity contribution in [1.29, 1.82) is 0 Å². The van der Waals surface area contributed by atoms with E-state index in [-0.39, 0.29) is 12.4 Å². The highest BCUT2D eigenvalue weighted by Gasteiger charge is 2.21. The predicted octanol–water partition coefficient (Wildman–Crippen LogP) is 7.85. The second-order valence-corrected chi connectivity index (χ2v) is 8.51. The van der Waals surface area contributed by atoms with E-state index in [1.807, 2.05) is 6.92 Å². The van der Waals surface area contributed by atoms with Crippen molar-refractivity contribution in [3.8, 4) is 0 Å². The number of ether oxygens (including phenoxy) is 1. The lowest BCUT2D eigenvalue weighted by Gasteiger charge is -2.11. The number of allylic oxidation sites excluding steroid dienone is 2. The van der Waals surface area contributed by atoms with E-state index in [0.717, 1.165) is 25.7 Å². The number of rotatable bonds is 22. The van der Waals surface area contributed by atoms with Gasteiger partial charge in [0.2, 0.25) is 0 Å². The van der Waals surface area contributed by atoms with Crippen LogP contribution in [0.2, 0.25) is 0 Å². The third-order valence-electron chi connectivity index (χ3n) is 5.56. The van der Waals surface area contributed by atoms with Gasteiger partial charge in [-0.15, -0.1) is 0 Å². The average molecular weight is 425 g/mol. The molecule has 0 heterocycles. The second kappa shape index (κ2) is 22.4. The number of carbonyl (C=O) groups excluding carboxylic acids is 1. The van der Waals surface area contributed by atoms with E-state index in [1.54, 1.807) is 0 Å². The van der Waals surface area contributed by atoms with Crippen LogP contribution in [0.15, 0.2) is 12.2 Å². The van der Waals surface area contributed by atoms with Gasteiger partial charge >= 0.3 is 11.9 Å². The summed E-state index contributed by atoms with van der Waals surface area (Å²) in [5.41, 5.74) is 0. The van der Waals surface area contributed by atoms with Crippen molar-refractivity contribution < 1.29 is 19.4 Å². The number of aliphatic carboxylic acids is 1. The molecule has 176 valence electrons. The van der Waals surface area contributed by atoms with Crippen LogP contribution in [0.3, 0.4) is 0 Å². The largest absolute Gasteiger partial charge is 0.481 e. The summed E-state index contributed by atoms with van der Waals surface area (Å²) in [5, 5.41) is 9.27. The van der Waals surface area contributed by atoms with Crippen molar-refractivity contribution in [1.82, 2.24) is 0 Å². The lowest BCUT2D eigenvalue weighted by molar-refractivity contribution is -0.151. The zero-order valence-corrected chi connectivity index (χ0v) is 19.8. The fourth-order valence-electron chi connectivity index (χ4n) is 3.67. The van der Waals surface area contributed by atoms with Gasteiger partial charge < -0.3 is 9.84 Å². The topological polar surface area (TPSA) is 63.6 Å². The molecule has 0 radical (unpaired) electrons. The Bertz CT molecular complexity index is 431. The third-order valence-corrected chi connectivity index (χ3v) is 5.56. The summed E-state index contributed by atoms with van der Waals surface area (Å²) in [5.74, 6) is -1.85. The zero-order chi connectivity index (χ0) is 22.3. The van der Waals surface area contributed by atoms with Crippen LogP contribution in [0.1, 0.15) is 129 Å². The summed E-state index contributed by atoms with van der Waals surface area (Å²) < 4.78 is 5.00. The highest BCUT2D eigenvalue weighted by Crippen LogP contribution is 2.17. The Morgan fingerprint density at radius 2 is 1.27 bits per heavy atom. The molecule has 0 aliphatic carbocycles. The molecule has 0 fully saturated rings. The van der Waals surface area contributed by atoms with E-state index in [4.69, 9.17) is 4.74 Å². The van der Waals surface area contributed by atoms with E-state index < -0.39 is 11.9 Å². The predicted molar refractivity (Wildman–Crippen MR) is 126 cm³/mol. The molecule has 0 rings (SSSR count). The van der Waals surface area contributed by atoms with Crippen molar-refractivity contribution in [2.75, 3.05) is 6.61 Å². The number of hydrogen-bond acceptors (Lipinski definition) is 3. The number of carbonyl (C=O) groups is 2. The highest BCUT2D eigenvalue weighted by atomic mass is 16.5. The number of esters is 1. The normalized spacial score (nSPS) is 12.3. The monoisotopic (exact) mass is 424 g/mol. The maximum atomic E-state index is 11.6. The van der Waals surface area contributed by atoms with Crippen LogP contribution in [0, 0.1) is 5.92 Å². The quantitative estimate of drug-likeness (QED) is 0.109. The fraction of sp³-hybridized carbons (Fsp3) is 0.846. The van der Waals surface area contributed by atoms with Crippen LogP contribution in [-0.4, -0.2) is 23.7 Å². The van der Waals surface area contributed by atoms with Gasteiger partial charge in [-0.2, -0.15) is 0 Å². The lowest BCUT2D eigenvalue weighted by Crippen LogP contribution is -2.19. The molecule has 1 N–H and O–H groups in total. The number of unbranched alkanes of at least 4 members (excludes halogenated alkanes) is 13. The molecule has 0 aromatic carbocycles. The first-order valence-corrected chi connectivity index (χ1v) is 12.6. The number of carboxylic acids is 1. The first-order chi connectivity index (χ1) is 14.6. The van der Waals surface area contributed by atoms with Crippen molar-refractivity contribution in [3.05, 3.63) is 12.2 Å². The molecule has 0 saturated heterocycles. The second-order valence-electron chi connectivity index (χ2n) is 8.51. The number of carboxylic acid groups (broad SMARTS) is 1. The van der Waals surface area contributed by atoms with Gasteiger partial charge in [0.15, 0.2) is 0 Å². The van der Waals surface area contributed by atoms with Gasteiger partial charge in [0.05, 0.1) is 18.9 Å². The molecule has 4 heteroatoms. The molecule has 0 aromatic heterocycles. The van der Waals surface area contributed by atoms with Gasteiger partial charge in [-0.1, -0.05) is 103 Å². The minimum absolute atomic E-state index is 0.00520. The first-order valence-electron chi connectivity index (χ1n) is 12.6. The van der Waals surface area contributed by atoms with Crippen LogP contribution >= 0.6 is 0 Å². The maximum Gasteiger partial charge on any atom is 0.307 e. The maximum absolute atomic E-state index is 11.6. The Labute approximate surface area is 185 Å². The van der Waals surface area contributed by atoms with E-state index >= 15 is 0 Å². The summed E-state index contributed by atoms with van der Waals surface area (Å²) in [6.45, 7) is 4.49. The minimum Gasteiger partial charge on any atom is -0.481 e. The zero-order valence-electron chi connectivity index (χ0n) is 19.8. The Balaban J connectivity index is 3.42. The standard InChI is InChI=1S/C26H48O4/c1-3-5-6-7-8-9-10-11-12-13-14-15-16-17-18-19-20-21-24(26(28)29)23-25(27)30-22-4-2/h5-6,24H,3-4,7-23H2,1-2H3,(H,28,29)/b6-5+. The molecule has 1 unspecified atom stereocenters. The van der Waals surface area contributed by atoms with E-state index in [9.17, 15) is 14.7 Å². The van der Waals surface area contributed by atoms with E-state index in [2.05, 4.69) is 19.1 Å². The molecule has 0 spiro atoms. The van der Waals surface area contributed by atoms with E-state index in [1.165, 1.54) is 77.0 Å². The van der Waals surface area contributed by atoms with Crippen molar-refractivity contribution in [3.63, 3.8) is 0 Å². The molecule has 0 bridgehead atoms. The number of hydrogen-bond donors (Lipinski definition) is 1. The molecule has 0 amide bonds. The van der Waals surface area contributed by atoms with Gasteiger partial charge in [-0.3, -0.25) is 9.59 Å². The fourth-order valence-corrected chi connectivity index (χ4v) is 3.67. The summed E-state index contributed by atoms with van der Waals surface area (Å²) in [6, 6.07) is 0. The molecule has 0 aliphatic heterocycles. The minimum atomic E-state index is -0.878. The summed E-state index contributed by atoms with van der Waals surface area (Å²) in [4.78, 5) is 22.9. The van der Waals surface area contributed by atoms with Crippen LogP contribution in [-0.2, 0) is 14.3 Å². The summed E-state index contributed by atoms with van der Waals surface area (Å²) >= 11 is 0. The Kier molecular flexibility index (Phi) is 21.4. The molecule has 4 nitrogen and oxygen atoms in total. The van der Waals surface area contributed by atoms with Gasteiger partial charge in [-0.05, 0) is 32.1 Å². The van der Waals surface area contributed by atoms with E-state index in [0.29, 0.717) is 13.0 Å². The molecular formula is C26H48O4. The average Bonchev–Trinajstić information content (AvgIpc) is 2.73. The van der Waals surface area contributed by atoms with Crippen molar-refractivity contribution >= 4 is 11.9 Å². The Morgan fingerprint density at radius 3 is 1.73 bits per heavy atom. The molecule has 0 aliphatic rings. The Morgan fingerprint density at radius 1 is 0.767 bits per heavy atom. The molecule has 0 saturated carbocycles. The van der Waals surface area contributed by atoms with Gasteiger partial charge in [0.25, 0.3) is 0 Å². The smallest absolute Gasteiger partial charge is 0.307 e. The van der Waals surface area contributed by atoms with Crippen LogP contribution < -0.4 is 0 Å². The highest BCUT2D eigenvalue weighted by molar-refractivity contribution is 5.78. The Hall–Kier alpha value is -1.32. The van der Waals surface area contributed by atoms with Gasteiger partial charge in [0.1, 0.15) is 0 Å². The molecule has 1 atom stereocenters. The first kappa shape index (κ1) is 28.7. The van der Waals surface area contributed by atoms with Crippen molar-refractivity contribution in [2.45, 2.75) is 129 Å². The van der Waals surface area contributed by atoms with Gasteiger partial charge in [0, 0.05) is 0 Å².